The molecule has 1 N–H and O–H groups in total. The molecule has 0 saturated carbocycles. The lowest BCUT2D eigenvalue weighted by Gasteiger charge is -2.33. The highest BCUT2D eigenvalue weighted by atomic mass is 16.5. The molecular formula is C17H28N2O2. The Morgan fingerprint density at radius 1 is 1.10 bits per heavy atom. The minimum atomic E-state index is -0.437. The number of hydrogen-bond acceptors (Lipinski definition) is 4. The Bertz CT molecular complexity index is 445. The van der Waals surface area contributed by atoms with Gasteiger partial charge in [0.2, 0.25) is 0 Å². The molecule has 1 heterocycles. The van der Waals surface area contributed by atoms with E-state index >= 15 is 0 Å². The van der Waals surface area contributed by atoms with E-state index in [1.807, 2.05) is 0 Å². The summed E-state index contributed by atoms with van der Waals surface area (Å²) in [6, 6.07) is 4.24. The Morgan fingerprint density at radius 3 is 2.24 bits per heavy atom. The van der Waals surface area contributed by atoms with Crippen molar-refractivity contribution in [2.75, 3.05) is 46.4 Å². The lowest BCUT2D eigenvalue weighted by Crippen LogP contribution is -2.47. The second-order valence-corrected chi connectivity index (χ2v) is 6.30. The van der Waals surface area contributed by atoms with E-state index in [0.717, 1.165) is 43.1 Å². The van der Waals surface area contributed by atoms with Crippen LogP contribution in [-0.2, 0) is 0 Å². The zero-order valence-corrected chi connectivity index (χ0v) is 13.7. The Labute approximate surface area is 128 Å². The molecule has 4 nitrogen and oxygen atoms in total. The maximum atomic E-state index is 10.2. The van der Waals surface area contributed by atoms with Crippen molar-refractivity contribution in [1.29, 1.82) is 0 Å². The first kappa shape index (κ1) is 16.3. The van der Waals surface area contributed by atoms with E-state index < -0.39 is 6.10 Å². The summed E-state index contributed by atoms with van der Waals surface area (Å²) >= 11 is 0. The third-order valence-electron chi connectivity index (χ3n) is 4.09. The number of piperazine rings is 1. The van der Waals surface area contributed by atoms with Gasteiger partial charge in [-0.3, -0.25) is 4.90 Å². The average Bonchev–Trinajstić information content (AvgIpc) is 2.40. The molecule has 0 aliphatic carbocycles. The molecule has 1 aromatic rings. The van der Waals surface area contributed by atoms with Crippen molar-refractivity contribution in [2.24, 2.45) is 0 Å². The van der Waals surface area contributed by atoms with Crippen LogP contribution >= 0.6 is 0 Å². The van der Waals surface area contributed by atoms with E-state index in [4.69, 9.17) is 4.74 Å². The number of benzene rings is 1. The fraction of sp³-hybridized carbons (Fsp3) is 0.647. The maximum absolute atomic E-state index is 10.2. The van der Waals surface area contributed by atoms with Gasteiger partial charge in [-0.15, -0.1) is 0 Å². The molecular weight excluding hydrogens is 264 g/mol. The summed E-state index contributed by atoms with van der Waals surface area (Å²) in [6.07, 6.45) is -0.437. The summed E-state index contributed by atoms with van der Waals surface area (Å²) in [4.78, 5) is 4.63. The Morgan fingerprint density at radius 2 is 1.67 bits per heavy atom. The van der Waals surface area contributed by atoms with Crippen molar-refractivity contribution < 1.29 is 9.84 Å². The highest BCUT2D eigenvalue weighted by Gasteiger charge is 2.17. The maximum Gasteiger partial charge on any atom is 0.125 e. The smallest absolute Gasteiger partial charge is 0.125 e. The van der Waals surface area contributed by atoms with Crippen LogP contribution in [0.15, 0.2) is 12.1 Å². The normalized spacial score (nSPS) is 18.7. The fourth-order valence-corrected chi connectivity index (χ4v) is 2.96. The summed E-state index contributed by atoms with van der Waals surface area (Å²) in [6.45, 7) is 11.4. The first-order valence-electron chi connectivity index (χ1n) is 7.75. The van der Waals surface area contributed by atoms with Crippen LogP contribution in [0.2, 0.25) is 0 Å². The minimum Gasteiger partial charge on any atom is -0.490 e. The molecule has 1 aromatic carbocycles. The first-order valence-corrected chi connectivity index (χ1v) is 7.75. The topological polar surface area (TPSA) is 35.9 Å². The second kappa shape index (κ2) is 7.25. The van der Waals surface area contributed by atoms with Crippen molar-refractivity contribution in [1.82, 2.24) is 9.80 Å². The summed E-state index contributed by atoms with van der Waals surface area (Å²) in [5, 5.41) is 10.2. The minimum absolute atomic E-state index is 0.358. The molecule has 1 unspecified atom stereocenters. The molecule has 118 valence electrons. The number of aliphatic hydroxyl groups excluding tert-OH is 1. The van der Waals surface area contributed by atoms with E-state index in [2.05, 4.69) is 49.8 Å². The third kappa shape index (κ3) is 4.70. The monoisotopic (exact) mass is 292 g/mol. The van der Waals surface area contributed by atoms with Gasteiger partial charge in [-0.1, -0.05) is 17.7 Å². The van der Waals surface area contributed by atoms with Gasteiger partial charge < -0.3 is 14.7 Å². The summed E-state index contributed by atoms with van der Waals surface area (Å²) < 4.78 is 5.86. The van der Waals surface area contributed by atoms with Crippen molar-refractivity contribution >= 4 is 0 Å². The standard InChI is InChI=1S/C17H28N2O2/c1-13-9-14(2)17(15(3)10-13)21-12-16(20)11-19-7-5-18(4)6-8-19/h9-10,16,20H,5-8,11-12H2,1-4H3. The number of nitrogens with zero attached hydrogens (tertiary/aromatic N) is 2. The zero-order chi connectivity index (χ0) is 15.4. The molecule has 0 amide bonds. The SMILES string of the molecule is Cc1cc(C)c(OCC(O)CN2CCN(C)CC2)c(C)c1. The van der Waals surface area contributed by atoms with Crippen molar-refractivity contribution in [3.05, 3.63) is 28.8 Å². The van der Waals surface area contributed by atoms with Crippen LogP contribution in [0.25, 0.3) is 0 Å². The van der Waals surface area contributed by atoms with Gasteiger partial charge in [0.25, 0.3) is 0 Å². The van der Waals surface area contributed by atoms with Gasteiger partial charge >= 0.3 is 0 Å². The summed E-state index contributed by atoms with van der Waals surface area (Å²) in [5.41, 5.74) is 3.52. The van der Waals surface area contributed by atoms with Gasteiger partial charge in [0.1, 0.15) is 18.5 Å². The quantitative estimate of drug-likeness (QED) is 0.894. The molecule has 1 aliphatic rings. The molecule has 1 aliphatic heterocycles. The predicted molar refractivity (Wildman–Crippen MR) is 86.1 cm³/mol. The van der Waals surface area contributed by atoms with Crippen LogP contribution in [0.5, 0.6) is 5.75 Å². The Kier molecular flexibility index (Phi) is 5.62. The number of hydrogen-bond donors (Lipinski definition) is 1. The van der Waals surface area contributed by atoms with Crippen LogP contribution in [0.1, 0.15) is 16.7 Å². The molecule has 1 atom stereocenters. The molecule has 1 saturated heterocycles. The Balaban J connectivity index is 1.83. The van der Waals surface area contributed by atoms with Crippen LogP contribution in [0, 0.1) is 20.8 Å². The number of ether oxygens (including phenoxy) is 1. The van der Waals surface area contributed by atoms with Crippen LogP contribution in [0.4, 0.5) is 0 Å². The van der Waals surface area contributed by atoms with Crippen molar-refractivity contribution in [2.45, 2.75) is 26.9 Å². The average molecular weight is 292 g/mol. The molecule has 0 aromatic heterocycles. The highest BCUT2D eigenvalue weighted by molar-refractivity contribution is 5.42. The van der Waals surface area contributed by atoms with Gasteiger partial charge in [0.05, 0.1) is 0 Å². The number of rotatable bonds is 5. The van der Waals surface area contributed by atoms with E-state index in [1.165, 1.54) is 5.56 Å². The van der Waals surface area contributed by atoms with Crippen LogP contribution in [-0.4, -0.2) is 67.4 Å². The number of aliphatic hydroxyl groups is 1. The Hall–Kier alpha value is -1.10. The van der Waals surface area contributed by atoms with Crippen molar-refractivity contribution in [3.63, 3.8) is 0 Å². The zero-order valence-electron chi connectivity index (χ0n) is 13.7. The largest absolute Gasteiger partial charge is 0.490 e. The van der Waals surface area contributed by atoms with Gasteiger partial charge in [0, 0.05) is 32.7 Å². The predicted octanol–water partition coefficient (Wildman–Crippen LogP) is 1.60. The molecule has 0 radical (unpaired) electrons. The first-order chi connectivity index (χ1) is 9.95. The van der Waals surface area contributed by atoms with Gasteiger partial charge in [-0.25, -0.2) is 0 Å². The molecule has 0 spiro atoms. The van der Waals surface area contributed by atoms with E-state index in [-0.39, 0.29) is 0 Å². The molecule has 1 fully saturated rings. The van der Waals surface area contributed by atoms with Gasteiger partial charge in [-0.2, -0.15) is 0 Å². The molecule has 21 heavy (non-hydrogen) atoms. The molecule has 4 heteroatoms. The van der Waals surface area contributed by atoms with E-state index in [9.17, 15) is 5.11 Å². The lowest BCUT2D eigenvalue weighted by molar-refractivity contribution is 0.0501. The summed E-state index contributed by atoms with van der Waals surface area (Å²) in [7, 11) is 2.14. The summed E-state index contributed by atoms with van der Waals surface area (Å²) in [5.74, 6) is 0.915. The van der Waals surface area contributed by atoms with E-state index in [1.54, 1.807) is 0 Å². The van der Waals surface area contributed by atoms with Gasteiger partial charge in [-0.05, 0) is 38.9 Å². The van der Waals surface area contributed by atoms with Crippen LogP contribution in [0.3, 0.4) is 0 Å². The van der Waals surface area contributed by atoms with E-state index in [0.29, 0.717) is 13.2 Å². The number of β-amino-alcohol motifs (C(OH)–C–C–N with tert-alkyl or cyclic N) is 1. The lowest BCUT2D eigenvalue weighted by atomic mass is 10.1. The molecule has 0 bridgehead atoms. The third-order valence-corrected chi connectivity index (χ3v) is 4.09. The highest BCUT2D eigenvalue weighted by Crippen LogP contribution is 2.24. The van der Waals surface area contributed by atoms with Crippen LogP contribution < -0.4 is 4.74 Å². The van der Waals surface area contributed by atoms with Gasteiger partial charge in [0.15, 0.2) is 0 Å². The fourth-order valence-electron chi connectivity index (χ4n) is 2.96. The van der Waals surface area contributed by atoms with Crippen molar-refractivity contribution in [3.8, 4) is 5.75 Å². The number of likely N-dealkylation sites (N-methyl/N-ethyl adjacent to an activating group) is 1. The second-order valence-electron chi connectivity index (χ2n) is 6.30. The number of aryl methyl sites for hydroxylation is 3. The molecule has 2 rings (SSSR count).